The second-order valence-corrected chi connectivity index (χ2v) is 7.16. The Morgan fingerprint density at radius 3 is 2.30 bits per heavy atom. The molecule has 0 saturated carbocycles. The number of carbonyl (C=O) groups excluding carboxylic acids is 1. The van der Waals surface area contributed by atoms with Gasteiger partial charge in [0, 0.05) is 25.0 Å². The molecule has 1 fully saturated rings. The predicted octanol–water partition coefficient (Wildman–Crippen LogP) is 4.03. The van der Waals surface area contributed by atoms with Crippen LogP contribution in [0.2, 0.25) is 0 Å². The van der Waals surface area contributed by atoms with E-state index >= 15 is 0 Å². The number of hydrogen-bond donors (Lipinski definition) is 1. The molecule has 1 amide bonds. The maximum absolute atomic E-state index is 13.7. The molecule has 1 unspecified atom stereocenters. The molecule has 2 aromatic rings. The molecule has 0 aromatic heterocycles. The van der Waals surface area contributed by atoms with Gasteiger partial charge in [-0.25, -0.2) is 13.6 Å². The minimum Gasteiger partial charge on any atom is -0.448 e. The third kappa shape index (κ3) is 3.30. The van der Waals surface area contributed by atoms with Gasteiger partial charge in [-0.05, 0) is 28.7 Å². The average Bonchev–Trinajstić information content (AvgIpc) is 3.14. The van der Waals surface area contributed by atoms with Crippen LogP contribution in [0.3, 0.4) is 0 Å². The standard InChI is InChI=1S/C21H21F2NO3/c22-21(23)11-14(9-10-25)24(13-21)20(26)27-12-19-17-7-3-1-5-15(17)16-6-2-4-8-18(16)19/h1-8,14,19,25H,9-13H2. The molecule has 1 heterocycles. The summed E-state index contributed by atoms with van der Waals surface area (Å²) in [6.45, 7) is -0.803. The summed E-state index contributed by atoms with van der Waals surface area (Å²) >= 11 is 0. The minimum absolute atomic E-state index is 0.0980. The number of fused-ring (bicyclic) bond motifs is 3. The smallest absolute Gasteiger partial charge is 0.410 e. The first-order valence-corrected chi connectivity index (χ1v) is 9.10. The normalized spacial score (nSPS) is 20.4. The predicted molar refractivity (Wildman–Crippen MR) is 96.8 cm³/mol. The summed E-state index contributed by atoms with van der Waals surface area (Å²) in [5.41, 5.74) is 4.37. The van der Waals surface area contributed by atoms with E-state index in [0.717, 1.165) is 27.2 Å². The van der Waals surface area contributed by atoms with Crippen molar-refractivity contribution in [1.29, 1.82) is 0 Å². The number of aliphatic hydroxyl groups is 1. The lowest BCUT2D eigenvalue weighted by atomic mass is 9.98. The molecule has 1 aliphatic heterocycles. The summed E-state index contributed by atoms with van der Waals surface area (Å²) < 4.78 is 32.9. The largest absolute Gasteiger partial charge is 0.448 e. The third-order valence-corrected chi connectivity index (χ3v) is 5.41. The van der Waals surface area contributed by atoms with Crippen LogP contribution in [0.1, 0.15) is 29.9 Å². The third-order valence-electron chi connectivity index (χ3n) is 5.41. The Bertz CT molecular complexity index is 809. The van der Waals surface area contributed by atoms with Gasteiger partial charge in [0.2, 0.25) is 0 Å². The number of likely N-dealkylation sites (tertiary alicyclic amines) is 1. The van der Waals surface area contributed by atoms with E-state index in [2.05, 4.69) is 0 Å². The molecule has 2 aromatic carbocycles. The highest BCUT2D eigenvalue weighted by atomic mass is 19.3. The Hall–Kier alpha value is -2.47. The highest BCUT2D eigenvalue weighted by molar-refractivity contribution is 5.79. The summed E-state index contributed by atoms with van der Waals surface area (Å²) in [7, 11) is 0. The second-order valence-electron chi connectivity index (χ2n) is 7.16. The number of halogens is 2. The van der Waals surface area contributed by atoms with Crippen molar-refractivity contribution >= 4 is 6.09 Å². The van der Waals surface area contributed by atoms with Crippen LogP contribution >= 0.6 is 0 Å². The van der Waals surface area contributed by atoms with Gasteiger partial charge in [0.15, 0.2) is 0 Å². The SMILES string of the molecule is O=C(OCC1c2ccccc2-c2ccccc21)N1CC(F)(F)CC1CCO. The summed E-state index contributed by atoms with van der Waals surface area (Å²) in [6, 6.07) is 15.2. The van der Waals surface area contributed by atoms with Crippen molar-refractivity contribution in [2.75, 3.05) is 19.8 Å². The molecule has 1 N–H and O–H groups in total. The fourth-order valence-electron chi connectivity index (χ4n) is 4.20. The lowest BCUT2D eigenvalue weighted by Crippen LogP contribution is -2.38. The van der Waals surface area contributed by atoms with Crippen molar-refractivity contribution in [1.82, 2.24) is 4.90 Å². The van der Waals surface area contributed by atoms with Gasteiger partial charge < -0.3 is 9.84 Å². The quantitative estimate of drug-likeness (QED) is 0.880. The number of aliphatic hydroxyl groups excluding tert-OH is 1. The molecule has 0 spiro atoms. The van der Waals surface area contributed by atoms with Crippen molar-refractivity contribution in [3.05, 3.63) is 59.7 Å². The van der Waals surface area contributed by atoms with Gasteiger partial charge in [-0.1, -0.05) is 48.5 Å². The zero-order valence-electron chi connectivity index (χ0n) is 14.8. The van der Waals surface area contributed by atoms with Crippen LogP contribution in [0.4, 0.5) is 13.6 Å². The van der Waals surface area contributed by atoms with Gasteiger partial charge >= 0.3 is 6.09 Å². The van der Waals surface area contributed by atoms with Gasteiger partial charge in [0.25, 0.3) is 5.92 Å². The Kier molecular flexibility index (Phi) is 4.60. The summed E-state index contributed by atoms with van der Waals surface area (Å²) in [5.74, 6) is -3.05. The van der Waals surface area contributed by atoms with E-state index in [1.54, 1.807) is 0 Å². The summed E-state index contributed by atoms with van der Waals surface area (Å²) in [6.07, 6.45) is -1.05. The maximum Gasteiger partial charge on any atom is 0.410 e. The fourth-order valence-corrected chi connectivity index (χ4v) is 4.20. The Morgan fingerprint density at radius 1 is 1.11 bits per heavy atom. The van der Waals surface area contributed by atoms with E-state index in [4.69, 9.17) is 9.84 Å². The molecule has 4 nitrogen and oxygen atoms in total. The Balaban J connectivity index is 1.51. The topological polar surface area (TPSA) is 49.8 Å². The molecule has 4 rings (SSSR count). The van der Waals surface area contributed by atoms with Crippen LogP contribution < -0.4 is 0 Å². The van der Waals surface area contributed by atoms with Crippen molar-refractivity contribution < 1.29 is 23.4 Å². The van der Waals surface area contributed by atoms with Crippen molar-refractivity contribution in [2.45, 2.75) is 30.7 Å². The van der Waals surface area contributed by atoms with E-state index in [0.29, 0.717) is 0 Å². The van der Waals surface area contributed by atoms with Gasteiger partial charge in [0.1, 0.15) is 6.61 Å². The van der Waals surface area contributed by atoms with Crippen molar-refractivity contribution in [2.24, 2.45) is 0 Å². The fraction of sp³-hybridized carbons (Fsp3) is 0.381. The number of amides is 1. The lowest BCUT2D eigenvalue weighted by Gasteiger charge is -2.24. The van der Waals surface area contributed by atoms with Crippen LogP contribution in [0.25, 0.3) is 11.1 Å². The highest BCUT2D eigenvalue weighted by Crippen LogP contribution is 2.44. The van der Waals surface area contributed by atoms with Crippen LogP contribution in [-0.4, -0.2) is 47.8 Å². The van der Waals surface area contributed by atoms with E-state index < -0.39 is 31.0 Å². The molecule has 2 aliphatic rings. The Labute approximate surface area is 156 Å². The number of rotatable bonds is 4. The number of ether oxygens (including phenoxy) is 1. The summed E-state index contributed by atoms with van der Waals surface area (Å²) in [4.78, 5) is 13.5. The first-order chi connectivity index (χ1) is 13.0. The maximum atomic E-state index is 13.7. The van der Waals surface area contributed by atoms with E-state index in [1.165, 1.54) is 0 Å². The minimum atomic E-state index is -2.94. The van der Waals surface area contributed by atoms with E-state index in [-0.39, 0.29) is 25.6 Å². The first-order valence-electron chi connectivity index (χ1n) is 9.10. The van der Waals surface area contributed by atoms with Crippen LogP contribution in [0.5, 0.6) is 0 Å². The molecule has 0 radical (unpaired) electrons. The molecule has 27 heavy (non-hydrogen) atoms. The summed E-state index contributed by atoms with van der Waals surface area (Å²) in [5, 5.41) is 9.09. The van der Waals surface area contributed by atoms with Gasteiger partial charge in [0.05, 0.1) is 6.54 Å². The lowest BCUT2D eigenvalue weighted by molar-refractivity contribution is 0.0104. The van der Waals surface area contributed by atoms with Crippen molar-refractivity contribution in [3.63, 3.8) is 0 Å². The molecule has 1 aliphatic carbocycles. The zero-order chi connectivity index (χ0) is 19.0. The van der Waals surface area contributed by atoms with Crippen LogP contribution in [0.15, 0.2) is 48.5 Å². The monoisotopic (exact) mass is 373 g/mol. The molecule has 142 valence electrons. The van der Waals surface area contributed by atoms with Crippen LogP contribution in [0, 0.1) is 0 Å². The number of nitrogens with zero attached hydrogens (tertiary/aromatic N) is 1. The molecule has 1 saturated heterocycles. The highest BCUT2D eigenvalue weighted by Gasteiger charge is 2.47. The number of benzene rings is 2. The molecular weight excluding hydrogens is 352 g/mol. The first kappa shape index (κ1) is 17.9. The Morgan fingerprint density at radius 2 is 1.70 bits per heavy atom. The molecule has 0 bridgehead atoms. The van der Waals surface area contributed by atoms with E-state index in [1.807, 2.05) is 48.5 Å². The zero-order valence-corrected chi connectivity index (χ0v) is 14.8. The second kappa shape index (κ2) is 6.93. The molecule has 6 heteroatoms. The van der Waals surface area contributed by atoms with Crippen LogP contribution in [-0.2, 0) is 4.74 Å². The number of carbonyl (C=O) groups is 1. The average molecular weight is 373 g/mol. The van der Waals surface area contributed by atoms with Gasteiger partial charge in [-0.15, -0.1) is 0 Å². The number of hydrogen-bond acceptors (Lipinski definition) is 3. The van der Waals surface area contributed by atoms with Gasteiger partial charge in [-0.3, -0.25) is 4.90 Å². The van der Waals surface area contributed by atoms with Crippen molar-refractivity contribution in [3.8, 4) is 11.1 Å². The van der Waals surface area contributed by atoms with Gasteiger partial charge in [-0.2, -0.15) is 0 Å². The number of alkyl halides is 2. The van der Waals surface area contributed by atoms with E-state index in [9.17, 15) is 13.6 Å². The molecular formula is C21H21F2NO3. The molecule has 1 atom stereocenters.